The van der Waals surface area contributed by atoms with Gasteiger partial charge in [-0.25, -0.2) is 4.98 Å². The number of halogens is 3. The maximum Gasteiger partial charge on any atom is 0.419 e. The Bertz CT molecular complexity index is 655. The van der Waals surface area contributed by atoms with Crippen LogP contribution in [-0.2, 0) is 12.6 Å². The summed E-state index contributed by atoms with van der Waals surface area (Å²) in [5, 5.41) is 2.87. The second-order valence-corrected chi connectivity index (χ2v) is 5.09. The van der Waals surface area contributed by atoms with Gasteiger partial charge in [-0.15, -0.1) is 0 Å². The molecule has 3 N–H and O–H groups in total. The molecule has 3 nitrogen and oxygen atoms in total. The molecule has 0 spiro atoms. The quantitative estimate of drug-likeness (QED) is 0.894. The summed E-state index contributed by atoms with van der Waals surface area (Å²) in [4.78, 5) is 3.83. The molecule has 2 atom stereocenters. The van der Waals surface area contributed by atoms with Crippen molar-refractivity contribution in [2.45, 2.75) is 24.7 Å². The Hall–Kier alpha value is -2.08. The van der Waals surface area contributed by atoms with Crippen LogP contribution in [0.3, 0.4) is 0 Å². The maximum absolute atomic E-state index is 13.0. The average Bonchev–Trinajstić information content (AvgIpc) is 2.75. The molecule has 1 aliphatic carbocycles. The van der Waals surface area contributed by atoms with Crippen molar-refractivity contribution in [3.8, 4) is 0 Å². The Kier molecular flexibility index (Phi) is 3.33. The third kappa shape index (κ3) is 2.58. The highest BCUT2D eigenvalue weighted by Gasteiger charge is 2.36. The minimum absolute atomic E-state index is 0.179. The molecule has 0 amide bonds. The predicted molar refractivity (Wildman–Crippen MR) is 73.7 cm³/mol. The molecular formula is C15H14F3N3. The van der Waals surface area contributed by atoms with Gasteiger partial charge in [-0.05, 0) is 29.7 Å². The minimum atomic E-state index is -4.45. The van der Waals surface area contributed by atoms with Crippen LogP contribution in [0.5, 0.6) is 0 Å². The summed E-state index contributed by atoms with van der Waals surface area (Å²) in [6, 6.07) is 9.24. The largest absolute Gasteiger partial charge is 0.419 e. The van der Waals surface area contributed by atoms with Crippen molar-refractivity contribution in [1.29, 1.82) is 0 Å². The van der Waals surface area contributed by atoms with Crippen LogP contribution in [-0.4, -0.2) is 11.0 Å². The molecule has 6 heteroatoms. The Balaban J connectivity index is 1.95. The van der Waals surface area contributed by atoms with Crippen molar-refractivity contribution in [2.24, 2.45) is 5.73 Å². The van der Waals surface area contributed by atoms with Crippen molar-refractivity contribution >= 4 is 5.82 Å². The lowest BCUT2D eigenvalue weighted by Gasteiger charge is -2.21. The van der Waals surface area contributed by atoms with E-state index in [1.54, 1.807) is 0 Å². The fraction of sp³-hybridized carbons (Fsp3) is 0.267. The normalized spacial score (nSPS) is 21.1. The van der Waals surface area contributed by atoms with Gasteiger partial charge >= 0.3 is 6.18 Å². The van der Waals surface area contributed by atoms with E-state index in [4.69, 9.17) is 5.73 Å². The number of pyridine rings is 1. The van der Waals surface area contributed by atoms with Gasteiger partial charge in [-0.2, -0.15) is 13.2 Å². The summed E-state index contributed by atoms with van der Waals surface area (Å²) in [5.41, 5.74) is 7.28. The van der Waals surface area contributed by atoms with Crippen LogP contribution in [0.4, 0.5) is 19.0 Å². The zero-order valence-electron chi connectivity index (χ0n) is 11.1. The zero-order chi connectivity index (χ0) is 15.0. The molecule has 0 aliphatic heterocycles. The fourth-order valence-electron chi connectivity index (χ4n) is 2.71. The van der Waals surface area contributed by atoms with E-state index in [0.717, 1.165) is 17.2 Å². The molecular weight excluding hydrogens is 279 g/mol. The van der Waals surface area contributed by atoms with Crippen LogP contribution < -0.4 is 11.1 Å². The maximum atomic E-state index is 13.0. The van der Waals surface area contributed by atoms with Crippen molar-refractivity contribution in [1.82, 2.24) is 4.98 Å². The van der Waals surface area contributed by atoms with Gasteiger partial charge in [0.25, 0.3) is 0 Å². The van der Waals surface area contributed by atoms with Crippen molar-refractivity contribution in [2.75, 3.05) is 5.32 Å². The monoisotopic (exact) mass is 293 g/mol. The molecule has 3 rings (SSSR count). The van der Waals surface area contributed by atoms with Gasteiger partial charge in [0.1, 0.15) is 5.82 Å². The standard InChI is InChI=1S/C15H14F3N3/c16-15(17,18)11-6-3-7-20-14(11)21-13-10-5-2-1-4-9(10)8-12(13)19/h1-7,12-13H,8,19H2,(H,20,21). The van der Waals surface area contributed by atoms with Gasteiger partial charge in [0.15, 0.2) is 0 Å². The third-order valence-corrected chi connectivity index (χ3v) is 3.68. The number of aromatic nitrogens is 1. The number of nitrogens with two attached hydrogens (primary N) is 1. The molecule has 0 saturated heterocycles. The zero-order valence-corrected chi connectivity index (χ0v) is 11.1. The lowest BCUT2D eigenvalue weighted by molar-refractivity contribution is -0.137. The van der Waals surface area contributed by atoms with Crippen LogP contribution in [0.2, 0.25) is 0 Å². The number of alkyl halides is 3. The van der Waals surface area contributed by atoms with Crippen LogP contribution >= 0.6 is 0 Å². The molecule has 110 valence electrons. The molecule has 0 fully saturated rings. The highest BCUT2D eigenvalue weighted by atomic mass is 19.4. The summed E-state index contributed by atoms with van der Waals surface area (Å²) in [6.07, 6.45) is -2.47. The number of rotatable bonds is 2. The molecule has 21 heavy (non-hydrogen) atoms. The van der Waals surface area contributed by atoms with Crippen LogP contribution in [0.15, 0.2) is 42.6 Å². The third-order valence-electron chi connectivity index (χ3n) is 3.68. The summed E-state index contributed by atoms with van der Waals surface area (Å²) in [6.45, 7) is 0. The predicted octanol–water partition coefficient (Wildman–Crippen LogP) is 3.14. The van der Waals surface area contributed by atoms with Gasteiger partial charge in [0, 0.05) is 12.2 Å². The van der Waals surface area contributed by atoms with Crippen LogP contribution in [0.1, 0.15) is 22.7 Å². The second-order valence-electron chi connectivity index (χ2n) is 5.09. The number of hydrogen-bond acceptors (Lipinski definition) is 3. The first kappa shape index (κ1) is 13.9. The highest BCUT2D eigenvalue weighted by Crippen LogP contribution is 2.37. The van der Waals surface area contributed by atoms with E-state index in [0.29, 0.717) is 6.42 Å². The lowest BCUT2D eigenvalue weighted by Crippen LogP contribution is -2.31. The van der Waals surface area contributed by atoms with E-state index >= 15 is 0 Å². The Labute approximate surface area is 120 Å². The first-order valence-corrected chi connectivity index (χ1v) is 6.59. The Morgan fingerprint density at radius 1 is 1.14 bits per heavy atom. The Morgan fingerprint density at radius 2 is 1.90 bits per heavy atom. The van der Waals surface area contributed by atoms with Gasteiger partial charge in [0.2, 0.25) is 0 Å². The van der Waals surface area contributed by atoms with Gasteiger partial charge < -0.3 is 11.1 Å². The van der Waals surface area contributed by atoms with Gasteiger partial charge in [-0.3, -0.25) is 0 Å². The highest BCUT2D eigenvalue weighted by molar-refractivity contribution is 5.50. The number of nitrogens with zero attached hydrogens (tertiary/aromatic N) is 1. The fourth-order valence-corrected chi connectivity index (χ4v) is 2.71. The first-order valence-electron chi connectivity index (χ1n) is 6.59. The molecule has 0 saturated carbocycles. The minimum Gasteiger partial charge on any atom is -0.361 e. The van der Waals surface area contributed by atoms with Crippen molar-refractivity contribution in [3.63, 3.8) is 0 Å². The van der Waals surface area contributed by atoms with Gasteiger partial charge in [-0.1, -0.05) is 24.3 Å². The summed E-state index contributed by atoms with van der Waals surface area (Å²) in [5.74, 6) is -0.179. The Morgan fingerprint density at radius 3 is 2.67 bits per heavy atom. The second kappa shape index (κ2) is 5.04. The number of fused-ring (bicyclic) bond motifs is 1. The van der Waals surface area contributed by atoms with E-state index in [9.17, 15) is 13.2 Å². The van der Waals surface area contributed by atoms with Crippen LogP contribution in [0, 0.1) is 0 Å². The van der Waals surface area contributed by atoms with Crippen molar-refractivity contribution in [3.05, 3.63) is 59.3 Å². The molecule has 0 radical (unpaired) electrons. The smallest absolute Gasteiger partial charge is 0.361 e. The molecule has 1 aliphatic rings. The number of nitrogens with one attached hydrogen (secondary N) is 1. The number of anilines is 1. The molecule has 2 unspecified atom stereocenters. The molecule has 1 aromatic heterocycles. The average molecular weight is 293 g/mol. The molecule has 2 aromatic rings. The van der Waals surface area contributed by atoms with E-state index in [2.05, 4.69) is 10.3 Å². The molecule has 0 bridgehead atoms. The van der Waals surface area contributed by atoms with Crippen LogP contribution in [0.25, 0.3) is 0 Å². The van der Waals surface area contributed by atoms with Crippen molar-refractivity contribution < 1.29 is 13.2 Å². The lowest BCUT2D eigenvalue weighted by atomic mass is 10.1. The SMILES string of the molecule is NC1Cc2ccccc2C1Nc1ncccc1C(F)(F)F. The topological polar surface area (TPSA) is 50.9 Å². The summed E-state index contributed by atoms with van der Waals surface area (Å²) in [7, 11) is 0. The van der Waals surface area contributed by atoms with E-state index in [1.165, 1.54) is 12.3 Å². The summed E-state index contributed by atoms with van der Waals surface area (Å²) < 4.78 is 39.0. The van der Waals surface area contributed by atoms with E-state index in [1.807, 2.05) is 24.3 Å². The molecule has 1 heterocycles. The van der Waals surface area contributed by atoms with Gasteiger partial charge in [0.05, 0.1) is 11.6 Å². The molecule has 1 aromatic carbocycles. The van der Waals surface area contributed by atoms with E-state index < -0.39 is 11.7 Å². The first-order chi connectivity index (χ1) is 9.97. The summed E-state index contributed by atoms with van der Waals surface area (Å²) >= 11 is 0. The van der Waals surface area contributed by atoms with E-state index in [-0.39, 0.29) is 17.9 Å². The number of benzene rings is 1. The number of hydrogen-bond donors (Lipinski definition) is 2.